The van der Waals surface area contributed by atoms with Crippen LogP contribution in [0, 0.1) is 5.41 Å². The summed E-state index contributed by atoms with van der Waals surface area (Å²) in [6.45, 7) is 8.32. The van der Waals surface area contributed by atoms with Crippen LogP contribution >= 0.6 is 0 Å². The fourth-order valence-corrected chi connectivity index (χ4v) is 4.01. The Kier molecular flexibility index (Phi) is 20.0. The average molecular weight is 603 g/mol. The molecular weight excluding hydrogens is 565 g/mol. The molecule has 3 heterocycles. The third-order valence-electron chi connectivity index (χ3n) is 5.97. The molecule has 8 heteroatoms. The number of piperidine rings is 2. The van der Waals surface area contributed by atoms with Crippen LogP contribution in [0.15, 0.2) is 0 Å². The normalized spacial score (nSPS) is 25.3. The molecule has 0 amide bonds. The van der Waals surface area contributed by atoms with Gasteiger partial charge >= 0.3 is 0 Å². The summed E-state index contributed by atoms with van der Waals surface area (Å²) in [5.41, 5.74) is 1.15. The summed E-state index contributed by atoms with van der Waals surface area (Å²) in [5.74, 6) is 0. The van der Waals surface area contributed by atoms with Gasteiger partial charge in [-0.3, -0.25) is 0 Å². The van der Waals surface area contributed by atoms with Crippen molar-refractivity contribution in [3.05, 3.63) is 16.0 Å². The molecule has 1 aliphatic carbocycles. The van der Waals surface area contributed by atoms with Gasteiger partial charge in [-0.2, -0.15) is 14.1 Å². The summed E-state index contributed by atoms with van der Waals surface area (Å²) in [6.07, 6.45) is 8.24. The Balaban J connectivity index is 0. The first-order chi connectivity index (χ1) is 11.5. The standard InChI is InChI=1S/C10H19N2.C7H13N2.C2H6N.3Y/c1-12-8-4-10(5-9-12)2-6-11-7-3-10;1-9-5-4-8-7(6-9)2-3-7;1-3-2;;;/h2-9H2,1H3;2-6H2,1H3;1-2H3;;;/q3*-1;;;. The van der Waals surface area contributed by atoms with Crippen LogP contribution in [0.25, 0.3) is 16.0 Å². The van der Waals surface area contributed by atoms with Gasteiger partial charge in [0.25, 0.3) is 0 Å². The third kappa shape index (κ3) is 12.1. The molecule has 4 aliphatic rings. The van der Waals surface area contributed by atoms with Crippen molar-refractivity contribution in [2.75, 3.05) is 74.0 Å². The molecule has 3 aliphatic heterocycles. The molecule has 0 aromatic rings. The zero-order chi connectivity index (χ0) is 17.5. The van der Waals surface area contributed by atoms with Crippen molar-refractivity contribution in [2.24, 2.45) is 5.41 Å². The average Bonchev–Trinajstić information content (AvgIpc) is 3.31. The first kappa shape index (κ1) is 32.3. The smallest absolute Gasteiger partial charge is 0 e. The van der Waals surface area contributed by atoms with E-state index in [1.54, 1.807) is 14.1 Å². The fourth-order valence-electron chi connectivity index (χ4n) is 4.01. The van der Waals surface area contributed by atoms with Crippen LogP contribution in [-0.4, -0.2) is 89.3 Å². The molecule has 2 spiro atoms. The molecule has 0 aromatic carbocycles. The number of hydrogen-bond acceptors (Lipinski definition) is 2. The summed E-state index contributed by atoms with van der Waals surface area (Å²) in [5, 5.41) is 12.5. The minimum atomic E-state index is 0. The predicted octanol–water partition coefficient (Wildman–Crippen LogP) is 3.32. The molecule has 151 valence electrons. The molecule has 27 heavy (non-hydrogen) atoms. The second kappa shape index (κ2) is 16.7. The van der Waals surface area contributed by atoms with Gasteiger partial charge < -0.3 is 25.8 Å². The third-order valence-corrected chi connectivity index (χ3v) is 5.97. The Morgan fingerprint density at radius 1 is 0.704 bits per heavy atom. The van der Waals surface area contributed by atoms with Crippen LogP contribution in [-0.2, 0) is 98.1 Å². The first-order valence-corrected chi connectivity index (χ1v) is 9.70. The Hall–Kier alpha value is 3.11. The predicted molar refractivity (Wildman–Crippen MR) is 104 cm³/mol. The van der Waals surface area contributed by atoms with Gasteiger partial charge in [-0.15, -0.1) is 25.2 Å². The van der Waals surface area contributed by atoms with Crippen molar-refractivity contribution in [3.8, 4) is 0 Å². The summed E-state index contributed by atoms with van der Waals surface area (Å²) in [7, 11) is 7.93. The van der Waals surface area contributed by atoms with Gasteiger partial charge in [0.05, 0.1) is 0 Å². The van der Waals surface area contributed by atoms with Crippen LogP contribution < -0.4 is 0 Å². The van der Waals surface area contributed by atoms with Gasteiger partial charge in [-0.05, 0) is 58.5 Å². The zero-order valence-corrected chi connectivity index (χ0v) is 26.7. The van der Waals surface area contributed by atoms with Crippen molar-refractivity contribution in [1.82, 2.24) is 9.80 Å². The van der Waals surface area contributed by atoms with Gasteiger partial charge in [0.15, 0.2) is 0 Å². The molecule has 5 nitrogen and oxygen atoms in total. The summed E-state index contributed by atoms with van der Waals surface area (Å²) >= 11 is 0. The molecule has 0 aromatic heterocycles. The van der Waals surface area contributed by atoms with E-state index in [1.807, 2.05) is 0 Å². The van der Waals surface area contributed by atoms with E-state index >= 15 is 0 Å². The maximum atomic E-state index is 4.58. The van der Waals surface area contributed by atoms with E-state index in [4.69, 9.17) is 0 Å². The largest absolute Gasteiger partial charge is 0.668 e. The Morgan fingerprint density at radius 2 is 1.22 bits per heavy atom. The zero-order valence-electron chi connectivity index (χ0n) is 18.2. The van der Waals surface area contributed by atoms with E-state index in [1.165, 1.54) is 64.7 Å². The fraction of sp³-hybridized carbons (Fsp3) is 1.00. The van der Waals surface area contributed by atoms with Gasteiger partial charge in [-0.25, -0.2) is 0 Å². The summed E-state index contributed by atoms with van der Waals surface area (Å²) < 4.78 is 0. The second-order valence-corrected chi connectivity index (χ2v) is 8.27. The topological polar surface area (TPSA) is 48.8 Å². The minimum absolute atomic E-state index is 0. The van der Waals surface area contributed by atoms with E-state index in [-0.39, 0.29) is 98.1 Å². The number of likely N-dealkylation sites (tertiary alicyclic amines) is 1. The summed E-state index contributed by atoms with van der Waals surface area (Å²) in [6, 6.07) is 0. The molecular formula is C19H38N5Y3-3. The number of nitrogens with zero attached hydrogens (tertiary/aromatic N) is 5. The molecule has 4 rings (SSSR count). The van der Waals surface area contributed by atoms with E-state index in [0.717, 1.165) is 19.6 Å². The monoisotopic (exact) mass is 603 g/mol. The SMILES string of the molecule is CN1CCC2(CC[N-]CC2)CC1.CN1CC[N-]C2(CC2)C1.C[N-]C.[Y].[Y].[Y]. The molecule has 0 unspecified atom stereocenters. The molecule has 1 saturated carbocycles. The van der Waals surface area contributed by atoms with Crippen LogP contribution in [0.3, 0.4) is 0 Å². The van der Waals surface area contributed by atoms with Gasteiger partial charge in [0.2, 0.25) is 0 Å². The quantitative estimate of drug-likeness (QED) is 0.427. The van der Waals surface area contributed by atoms with Crippen molar-refractivity contribution < 1.29 is 98.1 Å². The van der Waals surface area contributed by atoms with Gasteiger partial charge in [0, 0.05) is 98.1 Å². The van der Waals surface area contributed by atoms with Crippen molar-refractivity contribution in [3.63, 3.8) is 0 Å². The molecule has 0 N–H and O–H groups in total. The Bertz CT molecular complexity index is 353. The first-order valence-electron chi connectivity index (χ1n) is 9.70. The van der Waals surface area contributed by atoms with Crippen molar-refractivity contribution in [2.45, 2.75) is 44.1 Å². The van der Waals surface area contributed by atoms with E-state index in [2.05, 4.69) is 39.8 Å². The number of rotatable bonds is 0. The number of likely N-dealkylation sites (N-methyl/N-ethyl adjacent to an activating group) is 1. The van der Waals surface area contributed by atoms with E-state index in [0.29, 0.717) is 11.0 Å². The Morgan fingerprint density at radius 3 is 1.63 bits per heavy atom. The van der Waals surface area contributed by atoms with Crippen LogP contribution in [0.5, 0.6) is 0 Å². The maximum Gasteiger partial charge on any atom is 0 e. The molecule has 0 atom stereocenters. The molecule has 4 fully saturated rings. The van der Waals surface area contributed by atoms with Crippen LogP contribution in [0.1, 0.15) is 38.5 Å². The van der Waals surface area contributed by atoms with E-state index < -0.39 is 0 Å². The van der Waals surface area contributed by atoms with Gasteiger partial charge in [-0.1, -0.05) is 25.7 Å². The maximum absolute atomic E-state index is 4.58. The van der Waals surface area contributed by atoms with Crippen molar-refractivity contribution >= 4 is 0 Å². The van der Waals surface area contributed by atoms with Crippen molar-refractivity contribution in [1.29, 1.82) is 0 Å². The van der Waals surface area contributed by atoms with Gasteiger partial charge in [0.1, 0.15) is 0 Å². The van der Waals surface area contributed by atoms with Crippen LogP contribution in [0.2, 0.25) is 0 Å². The minimum Gasteiger partial charge on any atom is -0.668 e. The van der Waals surface area contributed by atoms with Crippen LogP contribution in [0.4, 0.5) is 0 Å². The Labute approximate surface area is 244 Å². The molecule has 3 radical (unpaired) electrons. The number of piperazine rings is 1. The second-order valence-electron chi connectivity index (χ2n) is 8.27. The molecule has 0 bridgehead atoms. The van der Waals surface area contributed by atoms with E-state index in [9.17, 15) is 0 Å². The summed E-state index contributed by atoms with van der Waals surface area (Å²) in [4.78, 5) is 4.84. The number of hydrogen-bond donors (Lipinski definition) is 0. The molecule has 3 saturated heterocycles.